The van der Waals surface area contributed by atoms with Gasteiger partial charge in [-0.05, 0) is 37.5 Å². The summed E-state index contributed by atoms with van der Waals surface area (Å²) in [7, 11) is 1.60. The number of benzene rings is 1. The van der Waals surface area contributed by atoms with Crippen LogP contribution < -0.4 is 10.1 Å². The van der Waals surface area contributed by atoms with Gasteiger partial charge in [-0.25, -0.2) is 0 Å². The van der Waals surface area contributed by atoms with Crippen molar-refractivity contribution in [3.8, 4) is 5.75 Å². The fourth-order valence-corrected chi connectivity index (χ4v) is 2.59. The Morgan fingerprint density at radius 1 is 1.30 bits per heavy atom. The molecule has 106 valence electrons. The van der Waals surface area contributed by atoms with Crippen molar-refractivity contribution in [3.63, 3.8) is 0 Å². The third-order valence-corrected chi connectivity index (χ3v) is 3.78. The Kier molecular flexibility index (Phi) is 3.12. The highest BCUT2D eigenvalue weighted by Crippen LogP contribution is 2.33. The Labute approximate surface area is 117 Å². The highest BCUT2D eigenvalue weighted by molar-refractivity contribution is 6.07. The number of nitrogens with one attached hydrogen (secondary N) is 1. The van der Waals surface area contributed by atoms with E-state index in [-0.39, 0.29) is 24.3 Å². The zero-order valence-electron chi connectivity index (χ0n) is 11.7. The maximum atomic E-state index is 12.3. The average molecular weight is 274 g/mol. The van der Waals surface area contributed by atoms with E-state index in [4.69, 9.17) is 4.74 Å². The van der Waals surface area contributed by atoms with Gasteiger partial charge in [-0.15, -0.1) is 0 Å². The first-order valence-corrected chi connectivity index (χ1v) is 6.87. The van der Waals surface area contributed by atoms with E-state index in [0.717, 1.165) is 24.1 Å². The van der Waals surface area contributed by atoms with Crippen LogP contribution in [0.4, 0.5) is 5.69 Å². The molecular weight excluding hydrogens is 256 g/mol. The van der Waals surface area contributed by atoms with Crippen LogP contribution in [0.5, 0.6) is 5.75 Å². The summed E-state index contributed by atoms with van der Waals surface area (Å²) < 4.78 is 5.31. The first-order valence-electron chi connectivity index (χ1n) is 6.87. The van der Waals surface area contributed by atoms with E-state index in [9.17, 15) is 9.59 Å². The van der Waals surface area contributed by atoms with Crippen molar-refractivity contribution in [3.05, 3.63) is 23.8 Å². The second-order valence-corrected chi connectivity index (χ2v) is 5.44. The second-order valence-electron chi connectivity index (χ2n) is 5.44. The third-order valence-electron chi connectivity index (χ3n) is 3.78. The molecule has 1 saturated heterocycles. The van der Waals surface area contributed by atoms with Crippen molar-refractivity contribution in [2.24, 2.45) is 0 Å². The predicted molar refractivity (Wildman–Crippen MR) is 74.6 cm³/mol. The van der Waals surface area contributed by atoms with Crippen LogP contribution in [0.15, 0.2) is 18.2 Å². The summed E-state index contributed by atoms with van der Waals surface area (Å²) in [6.07, 6.45) is 2.11. The monoisotopic (exact) mass is 274 g/mol. The summed E-state index contributed by atoms with van der Waals surface area (Å²) in [4.78, 5) is 25.6. The Balaban J connectivity index is 1.78. The molecule has 2 amide bonds. The first kappa shape index (κ1) is 13.0. The van der Waals surface area contributed by atoms with Gasteiger partial charge < -0.3 is 10.1 Å². The summed E-state index contributed by atoms with van der Waals surface area (Å²) in [6.45, 7) is 1.98. The van der Waals surface area contributed by atoms with Gasteiger partial charge in [0.1, 0.15) is 11.8 Å². The van der Waals surface area contributed by atoms with E-state index < -0.39 is 6.04 Å². The van der Waals surface area contributed by atoms with E-state index in [1.165, 1.54) is 4.90 Å². The van der Waals surface area contributed by atoms with Gasteiger partial charge in [-0.1, -0.05) is 6.07 Å². The molecule has 2 fully saturated rings. The summed E-state index contributed by atoms with van der Waals surface area (Å²) in [5.41, 5.74) is 1.84. The number of nitrogens with zero attached hydrogens (tertiary/aromatic N) is 1. The van der Waals surface area contributed by atoms with Crippen LogP contribution in [0.3, 0.4) is 0 Å². The summed E-state index contributed by atoms with van der Waals surface area (Å²) >= 11 is 0. The lowest BCUT2D eigenvalue weighted by atomic mass is 10.1. The molecule has 1 unspecified atom stereocenters. The van der Waals surface area contributed by atoms with Crippen LogP contribution in [0.1, 0.15) is 24.8 Å². The van der Waals surface area contributed by atoms with Crippen LogP contribution in [0.2, 0.25) is 0 Å². The number of carbonyl (C=O) groups excluding carboxylic acids is 2. The van der Waals surface area contributed by atoms with E-state index in [1.54, 1.807) is 7.11 Å². The normalized spacial score (nSPS) is 22.3. The quantitative estimate of drug-likeness (QED) is 0.849. The lowest BCUT2D eigenvalue weighted by Crippen LogP contribution is -2.36. The van der Waals surface area contributed by atoms with Crippen LogP contribution in [0.25, 0.3) is 0 Å². The maximum absolute atomic E-state index is 12.3. The molecule has 2 aliphatic rings. The first-order chi connectivity index (χ1) is 9.60. The van der Waals surface area contributed by atoms with E-state index in [0.29, 0.717) is 5.75 Å². The molecule has 1 atom stereocenters. The van der Waals surface area contributed by atoms with Gasteiger partial charge in [0.15, 0.2) is 0 Å². The molecule has 1 N–H and O–H groups in total. The van der Waals surface area contributed by atoms with Gasteiger partial charge in [0, 0.05) is 6.04 Å². The number of carbonyl (C=O) groups is 2. The van der Waals surface area contributed by atoms with Gasteiger partial charge >= 0.3 is 0 Å². The summed E-state index contributed by atoms with van der Waals surface area (Å²) in [5.74, 6) is 0.510. The lowest BCUT2D eigenvalue weighted by Gasteiger charge is -2.17. The topological polar surface area (TPSA) is 58.6 Å². The molecule has 5 nitrogen and oxygen atoms in total. The number of aryl methyl sites for hydroxylation is 1. The van der Waals surface area contributed by atoms with Gasteiger partial charge in [0.25, 0.3) is 5.91 Å². The highest BCUT2D eigenvalue weighted by atomic mass is 16.5. The molecule has 1 aromatic carbocycles. The zero-order valence-corrected chi connectivity index (χ0v) is 11.7. The average Bonchev–Trinajstić information content (AvgIpc) is 3.20. The highest BCUT2D eigenvalue weighted by Gasteiger charge is 2.46. The number of hydrogen-bond donors (Lipinski definition) is 1. The minimum absolute atomic E-state index is 0.0684. The van der Waals surface area contributed by atoms with E-state index in [2.05, 4.69) is 5.32 Å². The molecule has 0 spiro atoms. The molecule has 0 bridgehead atoms. The standard InChI is InChI=1S/C15H18N2O3/c1-9-3-6-11(13(7-9)20-2)16-12-8-14(18)17(15(12)19)10-4-5-10/h3,6-7,10,12,16H,4-5,8H2,1-2H3. The van der Waals surface area contributed by atoms with Crippen LogP contribution in [-0.2, 0) is 9.59 Å². The van der Waals surface area contributed by atoms with Gasteiger partial charge in [0.2, 0.25) is 5.91 Å². The van der Waals surface area contributed by atoms with Crippen molar-refractivity contribution in [2.75, 3.05) is 12.4 Å². The Morgan fingerprint density at radius 2 is 2.05 bits per heavy atom. The number of anilines is 1. The maximum Gasteiger partial charge on any atom is 0.252 e. The molecule has 5 heteroatoms. The van der Waals surface area contributed by atoms with Crippen molar-refractivity contribution >= 4 is 17.5 Å². The number of ether oxygens (including phenoxy) is 1. The molecular formula is C15H18N2O3. The molecule has 0 aromatic heterocycles. The minimum Gasteiger partial charge on any atom is -0.495 e. The second kappa shape index (κ2) is 4.81. The number of imide groups is 1. The van der Waals surface area contributed by atoms with E-state index >= 15 is 0 Å². The van der Waals surface area contributed by atoms with Gasteiger partial charge in [-0.2, -0.15) is 0 Å². The van der Waals surface area contributed by atoms with Crippen LogP contribution in [-0.4, -0.2) is 35.9 Å². The number of amides is 2. The molecule has 0 radical (unpaired) electrons. The molecule has 1 saturated carbocycles. The van der Waals surface area contributed by atoms with Crippen molar-refractivity contribution in [1.29, 1.82) is 0 Å². The Morgan fingerprint density at radius 3 is 2.70 bits per heavy atom. The number of likely N-dealkylation sites (tertiary alicyclic amines) is 1. The molecule has 20 heavy (non-hydrogen) atoms. The minimum atomic E-state index is -0.472. The van der Waals surface area contributed by atoms with Crippen molar-refractivity contribution in [1.82, 2.24) is 4.90 Å². The van der Waals surface area contributed by atoms with Crippen molar-refractivity contribution < 1.29 is 14.3 Å². The number of rotatable bonds is 4. The lowest BCUT2D eigenvalue weighted by molar-refractivity contribution is -0.139. The fourth-order valence-electron chi connectivity index (χ4n) is 2.59. The van der Waals surface area contributed by atoms with Crippen LogP contribution >= 0.6 is 0 Å². The molecule has 1 aromatic rings. The SMILES string of the molecule is COc1cc(C)ccc1NC1CC(=O)N(C2CC2)C1=O. The smallest absolute Gasteiger partial charge is 0.252 e. The molecule has 1 aliphatic heterocycles. The molecule has 3 rings (SSSR count). The Hall–Kier alpha value is -2.04. The molecule has 1 aliphatic carbocycles. The fraction of sp³-hybridized carbons (Fsp3) is 0.467. The van der Waals surface area contributed by atoms with E-state index in [1.807, 2.05) is 25.1 Å². The molecule has 1 heterocycles. The summed E-state index contributed by atoms with van der Waals surface area (Å²) in [6, 6.07) is 5.40. The largest absolute Gasteiger partial charge is 0.495 e. The predicted octanol–water partition coefficient (Wildman–Crippen LogP) is 1.71. The number of methoxy groups -OCH3 is 1. The number of hydrogen-bond acceptors (Lipinski definition) is 4. The van der Waals surface area contributed by atoms with Crippen molar-refractivity contribution in [2.45, 2.75) is 38.3 Å². The Bertz CT molecular complexity index is 566. The summed E-state index contributed by atoms with van der Waals surface area (Å²) in [5, 5.41) is 3.14. The zero-order chi connectivity index (χ0) is 14.3. The van der Waals surface area contributed by atoms with Gasteiger partial charge in [-0.3, -0.25) is 14.5 Å². The van der Waals surface area contributed by atoms with Crippen LogP contribution in [0, 0.1) is 6.92 Å². The third kappa shape index (κ3) is 2.24. The van der Waals surface area contributed by atoms with Gasteiger partial charge in [0.05, 0.1) is 19.2 Å².